The monoisotopic (exact) mass is 762 g/mol. The first-order valence-electron chi connectivity index (χ1n) is 21.4. The van der Waals surface area contributed by atoms with Gasteiger partial charge < -0.3 is 18.9 Å². The standard InChI is InChI=1S/C55H46N4/c1-37-13-12-19-49-48-18-6-11-24-54(48)59(55(37)49)43-35-29-40(30-36-43)56(38-25-31-41(32-26-38)57-50-20-7-2-14-44(50)45-15-3-8-21-51(45)57)39-27-33-42(34-28-39)58-52-22-9-4-16-46(52)47-17-5-10-23-53(47)58/h2-4,6-12,14-16,18-25,27-31,33-37,49,55H,5,13,17,26,32H2,1H3. The number of allylic oxidation sites excluding steroid dienone is 6. The van der Waals surface area contributed by atoms with E-state index in [4.69, 9.17) is 0 Å². The number of para-hydroxylation sites is 4. The van der Waals surface area contributed by atoms with Gasteiger partial charge in [0.1, 0.15) is 0 Å². The number of hydrogen-bond acceptors (Lipinski definition) is 2. The zero-order chi connectivity index (χ0) is 39.0. The molecule has 8 aromatic rings. The summed E-state index contributed by atoms with van der Waals surface area (Å²) in [6.45, 7) is 2.42. The Morgan fingerprint density at radius 1 is 0.559 bits per heavy atom. The number of fused-ring (bicyclic) bond motifs is 9. The van der Waals surface area contributed by atoms with Gasteiger partial charge in [0.15, 0.2) is 0 Å². The molecule has 59 heavy (non-hydrogen) atoms. The molecular weight excluding hydrogens is 717 g/mol. The predicted octanol–water partition coefficient (Wildman–Crippen LogP) is 14.3. The first-order chi connectivity index (χ1) is 29.2. The first kappa shape index (κ1) is 34.3. The highest BCUT2D eigenvalue weighted by Gasteiger charge is 2.42. The maximum Gasteiger partial charge on any atom is 0.0537 e. The smallest absolute Gasteiger partial charge is 0.0537 e. The lowest BCUT2D eigenvalue weighted by Gasteiger charge is -2.36. The van der Waals surface area contributed by atoms with Crippen molar-refractivity contribution >= 4 is 67.2 Å². The van der Waals surface area contributed by atoms with Crippen molar-refractivity contribution in [2.75, 3.05) is 9.80 Å². The molecule has 0 saturated carbocycles. The molecule has 286 valence electrons. The molecule has 0 fully saturated rings. The molecule has 12 rings (SSSR count). The van der Waals surface area contributed by atoms with E-state index in [-0.39, 0.29) is 0 Å². The van der Waals surface area contributed by atoms with E-state index < -0.39 is 0 Å². The van der Waals surface area contributed by atoms with Crippen LogP contribution < -0.4 is 9.80 Å². The number of anilines is 4. The van der Waals surface area contributed by atoms with Crippen molar-refractivity contribution in [1.82, 2.24) is 9.13 Å². The van der Waals surface area contributed by atoms with E-state index in [0.717, 1.165) is 32.1 Å². The minimum atomic E-state index is 0.419. The lowest BCUT2D eigenvalue weighted by molar-refractivity contribution is 0.424. The lowest BCUT2D eigenvalue weighted by atomic mass is 9.81. The number of aryl methyl sites for hydroxylation is 1. The number of hydrogen-bond donors (Lipinski definition) is 0. The van der Waals surface area contributed by atoms with Crippen molar-refractivity contribution in [1.29, 1.82) is 0 Å². The van der Waals surface area contributed by atoms with Gasteiger partial charge in [0.05, 0.1) is 16.6 Å². The Balaban J connectivity index is 0.962. The Labute approximate surface area is 345 Å². The Kier molecular flexibility index (Phi) is 7.94. The largest absolute Gasteiger partial charge is 0.337 e. The molecule has 0 bridgehead atoms. The Morgan fingerprint density at radius 3 is 1.88 bits per heavy atom. The van der Waals surface area contributed by atoms with Crippen LogP contribution in [-0.4, -0.2) is 15.2 Å². The normalized spacial score (nSPS) is 19.5. The van der Waals surface area contributed by atoms with E-state index in [1.807, 2.05) is 0 Å². The quantitative estimate of drug-likeness (QED) is 0.157. The van der Waals surface area contributed by atoms with Crippen molar-refractivity contribution in [2.24, 2.45) is 5.92 Å². The van der Waals surface area contributed by atoms with Gasteiger partial charge in [-0.1, -0.05) is 97.9 Å². The van der Waals surface area contributed by atoms with Crippen molar-refractivity contribution in [3.63, 3.8) is 0 Å². The molecule has 0 amide bonds. The second-order valence-corrected chi connectivity index (χ2v) is 16.8. The van der Waals surface area contributed by atoms with Crippen LogP contribution in [-0.2, 0) is 6.42 Å². The summed E-state index contributed by atoms with van der Waals surface area (Å²) >= 11 is 0. The van der Waals surface area contributed by atoms with E-state index in [1.165, 1.54) is 89.4 Å². The second kappa shape index (κ2) is 13.7. The third-order valence-corrected chi connectivity index (χ3v) is 13.5. The van der Waals surface area contributed by atoms with Gasteiger partial charge in [-0.3, -0.25) is 0 Å². The van der Waals surface area contributed by atoms with Crippen LogP contribution in [0.15, 0.2) is 182 Å². The van der Waals surface area contributed by atoms with Crippen LogP contribution in [0.25, 0.3) is 50.2 Å². The molecule has 4 heteroatoms. The van der Waals surface area contributed by atoms with E-state index in [2.05, 4.69) is 208 Å². The lowest BCUT2D eigenvalue weighted by Crippen LogP contribution is -2.37. The zero-order valence-corrected chi connectivity index (χ0v) is 33.4. The highest BCUT2D eigenvalue weighted by atomic mass is 15.2. The summed E-state index contributed by atoms with van der Waals surface area (Å²) in [5, 5.41) is 3.97. The average Bonchev–Trinajstić information content (AvgIpc) is 3.94. The Morgan fingerprint density at radius 2 is 1.19 bits per heavy atom. The second-order valence-electron chi connectivity index (χ2n) is 16.8. The van der Waals surface area contributed by atoms with Crippen molar-refractivity contribution in [3.05, 3.63) is 198 Å². The highest BCUT2D eigenvalue weighted by Crippen LogP contribution is 2.51. The van der Waals surface area contributed by atoms with Gasteiger partial charge in [-0.2, -0.15) is 0 Å². The van der Waals surface area contributed by atoms with Crippen LogP contribution >= 0.6 is 0 Å². The number of aromatic nitrogens is 2. The van der Waals surface area contributed by atoms with E-state index in [0.29, 0.717) is 17.9 Å². The molecule has 3 heterocycles. The summed E-state index contributed by atoms with van der Waals surface area (Å²) in [5.74, 6) is 0.986. The molecule has 4 nitrogen and oxygen atoms in total. The summed E-state index contributed by atoms with van der Waals surface area (Å²) in [4.78, 5) is 5.11. The topological polar surface area (TPSA) is 16.3 Å². The molecule has 3 aliphatic carbocycles. The molecule has 1 aliphatic heterocycles. The van der Waals surface area contributed by atoms with Crippen LogP contribution in [0.2, 0.25) is 0 Å². The minimum absolute atomic E-state index is 0.419. The van der Waals surface area contributed by atoms with Crippen LogP contribution in [0.5, 0.6) is 0 Å². The molecule has 0 N–H and O–H groups in total. The van der Waals surface area contributed by atoms with Crippen LogP contribution in [0.4, 0.5) is 22.7 Å². The molecule has 0 spiro atoms. The fourth-order valence-corrected chi connectivity index (χ4v) is 10.9. The third-order valence-electron chi connectivity index (χ3n) is 13.5. The Bertz CT molecular complexity index is 3010. The molecular formula is C55H46N4. The molecule has 4 aliphatic rings. The third kappa shape index (κ3) is 5.36. The van der Waals surface area contributed by atoms with Gasteiger partial charge in [-0.15, -0.1) is 0 Å². The average molecular weight is 763 g/mol. The van der Waals surface area contributed by atoms with Gasteiger partial charge in [-0.25, -0.2) is 0 Å². The summed E-state index contributed by atoms with van der Waals surface area (Å²) < 4.78 is 4.93. The maximum atomic E-state index is 2.62. The van der Waals surface area contributed by atoms with Crippen molar-refractivity contribution in [3.8, 4) is 5.69 Å². The molecule has 2 aromatic heterocycles. The molecule has 3 unspecified atom stereocenters. The summed E-state index contributed by atoms with van der Waals surface area (Å²) in [5.41, 5.74) is 16.8. The van der Waals surface area contributed by atoms with E-state index in [9.17, 15) is 0 Å². The number of nitrogens with zero attached hydrogens (tertiary/aromatic N) is 4. The summed E-state index contributed by atoms with van der Waals surface area (Å²) in [7, 11) is 0. The van der Waals surface area contributed by atoms with E-state index in [1.54, 1.807) is 0 Å². The summed E-state index contributed by atoms with van der Waals surface area (Å²) in [6, 6.07) is 54.6. The van der Waals surface area contributed by atoms with Crippen LogP contribution in [0, 0.1) is 5.92 Å². The number of benzene rings is 6. The number of rotatable bonds is 6. The molecule has 0 saturated heterocycles. The minimum Gasteiger partial charge on any atom is -0.337 e. The van der Waals surface area contributed by atoms with E-state index >= 15 is 0 Å². The van der Waals surface area contributed by atoms with Gasteiger partial charge in [0.2, 0.25) is 0 Å². The van der Waals surface area contributed by atoms with Crippen molar-refractivity contribution < 1.29 is 0 Å². The first-order valence-corrected chi connectivity index (χ1v) is 21.4. The van der Waals surface area contributed by atoms with Gasteiger partial charge >= 0.3 is 0 Å². The molecule has 3 atom stereocenters. The van der Waals surface area contributed by atoms with Crippen LogP contribution in [0.3, 0.4) is 0 Å². The maximum absolute atomic E-state index is 2.62. The van der Waals surface area contributed by atoms with Crippen molar-refractivity contribution in [2.45, 2.75) is 51.0 Å². The molecule has 0 radical (unpaired) electrons. The fourth-order valence-electron chi connectivity index (χ4n) is 10.9. The highest BCUT2D eigenvalue weighted by molar-refractivity contribution is 6.10. The van der Waals surface area contributed by atoms with Crippen LogP contribution in [0.1, 0.15) is 55.3 Å². The van der Waals surface area contributed by atoms with Gasteiger partial charge in [-0.05, 0) is 140 Å². The fraction of sp³-hybridized carbons (Fsp3) is 0.164. The zero-order valence-electron chi connectivity index (χ0n) is 33.4. The SMILES string of the molecule is CC1CC=CC2c3ccccc3N(c3ccc(N(C4=CC=C(n5c6ccccc6c6ccccc65)CC4)c4ccc(-n5c6c(c7ccccc75)CCC=C6)cc4)cc3)C12. The van der Waals surface area contributed by atoms with Gasteiger partial charge in [0.25, 0.3) is 0 Å². The predicted molar refractivity (Wildman–Crippen MR) is 248 cm³/mol. The molecule has 6 aromatic carbocycles. The summed E-state index contributed by atoms with van der Waals surface area (Å²) in [6.07, 6.45) is 19.3. The van der Waals surface area contributed by atoms with Gasteiger partial charge in [0, 0.05) is 73.6 Å². The Hall–Kier alpha value is -6.78.